The van der Waals surface area contributed by atoms with Crippen molar-refractivity contribution in [3.8, 4) is 0 Å². The van der Waals surface area contributed by atoms with Crippen molar-refractivity contribution in [2.24, 2.45) is 5.92 Å². The lowest BCUT2D eigenvalue weighted by atomic mass is 9.96. The number of hydrogen-bond donors (Lipinski definition) is 0. The second-order valence-electron chi connectivity index (χ2n) is 10.4. The van der Waals surface area contributed by atoms with Crippen LogP contribution in [0.15, 0.2) is 65.6 Å². The predicted molar refractivity (Wildman–Crippen MR) is 153 cm³/mol. The molecule has 1 aliphatic carbocycles. The van der Waals surface area contributed by atoms with Crippen molar-refractivity contribution in [2.45, 2.75) is 49.2 Å². The lowest BCUT2D eigenvalue weighted by Crippen LogP contribution is -2.38. The Morgan fingerprint density at radius 2 is 1.89 bits per heavy atom. The molecule has 2 atom stereocenters. The molecule has 0 amide bonds. The summed E-state index contributed by atoms with van der Waals surface area (Å²) in [6.45, 7) is 6.36. The van der Waals surface area contributed by atoms with Gasteiger partial charge in [0.05, 0.1) is 24.0 Å². The van der Waals surface area contributed by atoms with Crippen LogP contribution in [0.4, 0.5) is 0 Å². The molecule has 0 N–H and O–H groups in total. The standard InChI is InChI=1S/C32H37NO4S/c1-23-12-13-24(22-28(23)32(35)37-21-18-33-16-19-36-20-17-33)6-4-9-26-14-15-29(34)31(26)38-30-11-5-8-25-7-2-3-10-27(25)30/h2-3,5,7-8,10-13,22,26,31H,4,6,9,14-21H2,1H3/t26-,31+/m0/s1. The molecule has 0 spiro atoms. The Balaban J connectivity index is 1.15. The van der Waals surface area contributed by atoms with E-state index in [0.29, 0.717) is 30.3 Å². The Hall–Kier alpha value is -2.67. The fourth-order valence-corrected chi connectivity index (χ4v) is 7.02. The molecule has 2 aliphatic rings. The highest BCUT2D eigenvalue weighted by Crippen LogP contribution is 2.41. The SMILES string of the molecule is Cc1ccc(CCC[C@H]2CCC(=O)[C@@H]2Sc2cccc3ccccc23)cc1C(=O)OCCN1CCOCC1. The number of nitrogens with zero attached hydrogens (tertiary/aromatic N) is 1. The molecule has 0 unspecified atom stereocenters. The Kier molecular flexibility index (Phi) is 9.15. The molecule has 3 aromatic carbocycles. The zero-order valence-corrected chi connectivity index (χ0v) is 23.0. The van der Waals surface area contributed by atoms with Gasteiger partial charge >= 0.3 is 5.97 Å². The van der Waals surface area contributed by atoms with E-state index in [4.69, 9.17) is 9.47 Å². The van der Waals surface area contributed by atoms with Crippen LogP contribution in [-0.2, 0) is 20.7 Å². The molecule has 200 valence electrons. The highest BCUT2D eigenvalue weighted by atomic mass is 32.2. The number of rotatable bonds is 10. The van der Waals surface area contributed by atoms with Crippen LogP contribution in [0.5, 0.6) is 0 Å². The molecule has 0 aromatic heterocycles. The van der Waals surface area contributed by atoms with Gasteiger partial charge in [0.2, 0.25) is 0 Å². The van der Waals surface area contributed by atoms with Crippen LogP contribution in [0, 0.1) is 12.8 Å². The van der Waals surface area contributed by atoms with Crippen molar-refractivity contribution in [3.63, 3.8) is 0 Å². The summed E-state index contributed by atoms with van der Waals surface area (Å²) in [6.07, 6.45) is 4.55. The van der Waals surface area contributed by atoms with Crippen LogP contribution < -0.4 is 0 Å². The van der Waals surface area contributed by atoms with Gasteiger partial charge in [-0.1, -0.05) is 48.5 Å². The summed E-state index contributed by atoms with van der Waals surface area (Å²) in [4.78, 5) is 29.1. The number of Topliss-reactive ketones (excluding diaryl/α,β-unsaturated/α-hetero) is 1. The maximum atomic E-state index is 12.8. The van der Waals surface area contributed by atoms with Crippen LogP contribution in [0.2, 0.25) is 0 Å². The molecule has 0 bridgehead atoms. The summed E-state index contributed by atoms with van der Waals surface area (Å²) in [5, 5.41) is 2.47. The summed E-state index contributed by atoms with van der Waals surface area (Å²) in [5.41, 5.74) is 2.75. The van der Waals surface area contributed by atoms with Crippen molar-refractivity contribution in [1.82, 2.24) is 4.90 Å². The van der Waals surface area contributed by atoms with Gasteiger partial charge < -0.3 is 9.47 Å². The maximum absolute atomic E-state index is 12.8. The largest absolute Gasteiger partial charge is 0.461 e. The van der Waals surface area contributed by atoms with Crippen molar-refractivity contribution >= 4 is 34.3 Å². The van der Waals surface area contributed by atoms with Gasteiger partial charge in [-0.25, -0.2) is 4.79 Å². The molecule has 0 radical (unpaired) electrons. The molecule has 1 aliphatic heterocycles. The number of esters is 1. The summed E-state index contributed by atoms with van der Waals surface area (Å²) in [7, 11) is 0. The Morgan fingerprint density at radius 1 is 1.08 bits per heavy atom. The first-order valence-corrected chi connectivity index (χ1v) is 14.7. The van der Waals surface area contributed by atoms with E-state index in [9.17, 15) is 9.59 Å². The monoisotopic (exact) mass is 531 g/mol. The average molecular weight is 532 g/mol. The van der Waals surface area contributed by atoms with Gasteiger partial charge in [-0.05, 0) is 72.6 Å². The fraction of sp³-hybridized carbons (Fsp3) is 0.438. The molecular formula is C32H37NO4S. The van der Waals surface area contributed by atoms with E-state index < -0.39 is 0 Å². The topological polar surface area (TPSA) is 55.8 Å². The van der Waals surface area contributed by atoms with Gasteiger partial charge in [-0.3, -0.25) is 9.69 Å². The molecule has 1 heterocycles. The van der Waals surface area contributed by atoms with Gasteiger partial charge in [-0.15, -0.1) is 11.8 Å². The first kappa shape index (κ1) is 26.9. The lowest BCUT2D eigenvalue weighted by molar-refractivity contribution is -0.117. The minimum absolute atomic E-state index is 0.0239. The smallest absolute Gasteiger partial charge is 0.338 e. The molecule has 2 fully saturated rings. The first-order chi connectivity index (χ1) is 18.6. The number of carbonyl (C=O) groups excluding carboxylic acids is 2. The third-order valence-electron chi connectivity index (χ3n) is 7.82. The highest BCUT2D eigenvalue weighted by Gasteiger charge is 2.35. The van der Waals surface area contributed by atoms with Crippen molar-refractivity contribution in [2.75, 3.05) is 39.5 Å². The molecule has 1 saturated heterocycles. The number of thioether (sulfide) groups is 1. The van der Waals surface area contributed by atoms with E-state index in [-0.39, 0.29) is 11.2 Å². The van der Waals surface area contributed by atoms with Crippen LogP contribution >= 0.6 is 11.8 Å². The number of aryl methyl sites for hydroxylation is 2. The van der Waals surface area contributed by atoms with Gasteiger partial charge in [0.15, 0.2) is 0 Å². The molecule has 6 heteroatoms. The molecule has 3 aromatic rings. The lowest BCUT2D eigenvalue weighted by Gasteiger charge is -2.26. The van der Waals surface area contributed by atoms with Crippen molar-refractivity contribution < 1.29 is 19.1 Å². The van der Waals surface area contributed by atoms with Crippen molar-refractivity contribution in [1.29, 1.82) is 0 Å². The van der Waals surface area contributed by atoms with E-state index in [1.54, 1.807) is 11.8 Å². The zero-order valence-electron chi connectivity index (χ0n) is 22.2. The Bertz CT molecular complexity index is 1260. The summed E-state index contributed by atoms with van der Waals surface area (Å²) >= 11 is 1.75. The molecule has 1 saturated carbocycles. The molecule has 5 rings (SSSR count). The number of morpholine rings is 1. The van der Waals surface area contributed by atoms with Gasteiger partial charge in [-0.2, -0.15) is 0 Å². The minimum atomic E-state index is -0.245. The molecule has 5 nitrogen and oxygen atoms in total. The third-order valence-corrected chi connectivity index (χ3v) is 9.33. The summed E-state index contributed by atoms with van der Waals surface area (Å²) in [5.74, 6) is 0.525. The third kappa shape index (κ3) is 6.66. The van der Waals surface area contributed by atoms with Crippen LogP contribution in [-0.4, -0.2) is 61.4 Å². The number of carbonyl (C=O) groups is 2. The number of benzene rings is 3. The summed E-state index contributed by atoms with van der Waals surface area (Å²) in [6, 6.07) is 20.9. The predicted octanol–water partition coefficient (Wildman–Crippen LogP) is 6.10. The number of ketones is 1. The number of hydrogen-bond acceptors (Lipinski definition) is 6. The van der Waals surface area contributed by atoms with Gasteiger partial charge in [0.1, 0.15) is 12.4 Å². The van der Waals surface area contributed by atoms with E-state index in [0.717, 1.165) is 69.7 Å². The normalized spacial score (nSPS) is 20.2. The van der Waals surface area contributed by atoms with E-state index in [1.807, 2.05) is 19.1 Å². The Morgan fingerprint density at radius 3 is 2.76 bits per heavy atom. The van der Waals surface area contributed by atoms with Crippen LogP contribution in [0.1, 0.15) is 47.2 Å². The van der Waals surface area contributed by atoms with Crippen LogP contribution in [0.3, 0.4) is 0 Å². The van der Waals surface area contributed by atoms with E-state index in [2.05, 4.69) is 53.4 Å². The Labute approximate surface area is 229 Å². The minimum Gasteiger partial charge on any atom is -0.461 e. The number of fused-ring (bicyclic) bond motifs is 1. The molecule has 38 heavy (non-hydrogen) atoms. The second-order valence-corrected chi connectivity index (χ2v) is 11.6. The highest BCUT2D eigenvalue weighted by molar-refractivity contribution is 8.00. The molecular weight excluding hydrogens is 494 g/mol. The van der Waals surface area contributed by atoms with E-state index in [1.165, 1.54) is 15.7 Å². The second kappa shape index (κ2) is 12.9. The van der Waals surface area contributed by atoms with Crippen LogP contribution in [0.25, 0.3) is 10.8 Å². The van der Waals surface area contributed by atoms with Gasteiger partial charge in [0, 0.05) is 31.0 Å². The fourth-order valence-electron chi connectivity index (χ4n) is 5.56. The average Bonchev–Trinajstić information content (AvgIpc) is 3.29. The zero-order chi connectivity index (χ0) is 26.3. The number of ether oxygens (including phenoxy) is 2. The summed E-state index contributed by atoms with van der Waals surface area (Å²) < 4.78 is 11.0. The van der Waals surface area contributed by atoms with E-state index >= 15 is 0 Å². The quantitative estimate of drug-likeness (QED) is 0.295. The van der Waals surface area contributed by atoms with Gasteiger partial charge in [0.25, 0.3) is 0 Å². The maximum Gasteiger partial charge on any atom is 0.338 e. The first-order valence-electron chi connectivity index (χ1n) is 13.8. The van der Waals surface area contributed by atoms with Crippen molar-refractivity contribution in [3.05, 3.63) is 77.4 Å².